The van der Waals surface area contributed by atoms with Gasteiger partial charge in [0.2, 0.25) is 0 Å². The molecule has 0 amide bonds. The number of benzene rings is 1. The van der Waals surface area contributed by atoms with Crippen molar-refractivity contribution in [1.82, 2.24) is 0 Å². The zero-order valence-corrected chi connectivity index (χ0v) is 7.21. The molecule has 12 heavy (non-hydrogen) atoms. The van der Waals surface area contributed by atoms with Gasteiger partial charge < -0.3 is 10.4 Å². The van der Waals surface area contributed by atoms with E-state index in [9.17, 15) is 0 Å². The van der Waals surface area contributed by atoms with Crippen molar-refractivity contribution < 1.29 is 5.11 Å². The van der Waals surface area contributed by atoms with Gasteiger partial charge in [-0.2, -0.15) is 0 Å². The molecule has 0 spiro atoms. The van der Waals surface area contributed by atoms with Crippen LogP contribution in [0.3, 0.4) is 0 Å². The lowest BCUT2D eigenvalue weighted by Crippen LogP contribution is -2.04. The third-order valence-electron chi connectivity index (χ3n) is 1.27. The second kappa shape index (κ2) is 4.51. The van der Waals surface area contributed by atoms with Crippen molar-refractivity contribution in [3.63, 3.8) is 0 Å². The molecule has 0 aliphatic heterocycles. The number of hydrogen-bond donors (Lipinski definition) is 2. The summed E-state index contributed by atoms with van der Waals surface area (Å²) in [6.45, 7) is 0. The molecular weight excluding hydrogens is 170 g/mol. The molecule has 0 atom stereocenters. The van der Waals surface area contributed by atoms with Crippen LogP contribution in [-0.4, -0.2) is 10.1 Å². The number of anilines is 1. The molecule has 0 fully saturated rings. The molecule has 62 valence electrons. The SMILES string of the molecule is O/C=C\C(=S)Nc1ccccc1. The summed E-state index contributed by atoms with van der Waals surface area (Å²) < 4.78 is 0. The lowest BCUT2D eigenvalue weighted by Gasteiger charge is -2.01. The Morgan fingerprint density at radius 3 is 2.58 bits per heavy atom. The molecule has 1 aromatic rings. The molecule has 0 unspecified atom stereocenters. The standard InChI is InChI=1S/C9H9NOS/c11-7-6-9(12)10-8-4-2-1-3-5-8/h1-7,11H,(H,10,12)/b7-6-. The number of hydrogen-bond acceptors (Lipinski definition) is 2. The number of para-hydroxylation sites is 1. The molecule has 0 saturated heterocycles. The molecule has 0 aliphatic rings. The number of rotatable bonds is 2. The molecule has 1 rings (SSSR count). The lowest BCUT2D eigenvalue weighted by atomic mass is 10.3. The molecule has 0 aliphatic carbocycles. The van der Waals surface area contributed by atoms with Crippen LogP contribution < -0.4 is 5.32 Å². The van der Waals surface area contributed by atoms with Crippen LogP contribution in [0.25, 0.3) is 0 Å². The fourth-order valence-electron chi connectivity index (χ4n) is 0.773. The monoisotopic (exact) mass is 179 g/mol. The highest BCUT2D eigenvalue weighted by atomic mass is 32.1. The van der Waals surface area contributed by atoms with E-state index in [-0.39, 0.29) is 0 Å². The van der Waals surface area contributed by atoms with Gasteiger partial charge in [-0.25, -0.2) is 0 Å². The van der Waals surface area contributed by atoms with Gasteiger partial charge in [0.1, 0.15) is 4.99 Å². The third-order valence-corrected chi connectivity index (χ3v) is 1.51. The van der Waals surface area contributed by atoms with Crippen LogP contribution in [0.15, 0.2) is 42.7 Å². The van der Waals surface area contributed by atoms with Crippen molar-refractivity contribution >= 4 is 22.9 Å². The number of aliphatic hydroxyl groups excluding tert-OH is 1. The zero-order chi connectivity index (χ0) is 8.81. The van der Waals surface area contributed by atoms with E-state index in [0.717, 1.165) is 11.9 Å². The van der Waals surface area contributed by atoms with Gasteiger partial charge >= 0.3 is 0 Å². The summed E-state index contributed by atoms with van der Waals surface area (Å²) in [7, 11) is 0. The first-order valence-corrected chi connectivity index (χ1v) is 3.90. The Labute approximate surface area is 76.5 Å². The van der Waals surface area contributed by atoms with Crippen molar-refractivity contribution in [3.05, 3.63) is 42.7 Å². The minimum absolute atomic E-state index is 0.490. The van der Waals surface area contributed by atoms with Gasteiger partial charge in [-0.05, 0) is 12.1 Å². The number of thiocarbonyl (C=S) groups is 1. The maximum atomic E-state index is 8.41. The zero-order valence-electron chi connectivity index (χ0n) is 6.40. The molecular formula is C9H9NOS. The molecule has 0 saturated carbocycles. The summed E-state index contributed by atoms with van der Waals surface area (Å²) in [6.07, 6.45) is 2.33. The maximum Gasteiger partial charge on any atom is 0.106 e. The molecule has 0 radical (unpaired) electrons. The van der Waals surface area contributed by atoms with Crippen molar-refractivity contribution in [2.75, 3.05) is 5.32 Å². The van der Waals surface area contributed by atoms with Gasteiger partial charge in [-0.3, -0.25) is 0 Å². The topological polar surface area (TPSA) is 32.3 Å². The molecule has 0 heterocycles. The highest BCUT2D eigenvalue weighted by Crippen LogP contribution is 2.04. The molecule has 2 nitrogen and oxygen atoms in total. The summed E-state index contributed by atoms with van der Waals surface area (Å²) >= 11 is 4.88. The largest absolute Gasteiger partial charge is 0.515 e. The van der Waals surface area contributed by atoms with Crippen LogP contribution >= 0.6 is 12.2 Å². The van der Waals surface area contributed by atoms with Crippen LogP contribution in [0.5, 0.6) is 0 Å². The Kier molecular flexibility index (Phi) is 3.29. The molecule has 3 heteroatoms. The van der Waals surface area contributed by atoms with Crippen LogP contribution in [0.1, 0.15) is 0 Å². The Balaban J connectivity index is 2.59. The second-order valence-corrected chi connectivity index (χ2v) is 2.61. The first-order chi connectivity index (χ1) is 5.83. The Bertz CT molecular complexity index is 282. The van der Waals surface area contributed by atoms with Gasteiger partial charge in [0.05, 0.1) is 6.26 Å². The van der Waals surface area contributed by atoms with E-state index in [4.69, 9.17) is 17.3 Å². The molecule has 0 bridgehead atoms. The Morgan fingerprint density at radius 1 is 1.33 bits per heavy atom. The summed E-state index contributed by atoms with van der Waals surface area (Å²) in [5.41, 5.74) is 0.917. The predicted molar refractivity (Wildman–Crippen MR) is 54.4 cm³/mol. The maximum absolute atomic E-state index is 8.41. The first kappa shape index (κ1) is 8.74. The number of aliphatic hydroxyl groups is 1. The van der Waals surface area contributed by atoms with Crippen molar-refractivity contribution in [2.24, 2.45) is 0 Å². The van der Waals surface area contributed by atoms with Gasteiger partial charge in [-0.15, -0.1) is 0 Å². The van der Waals surface area contributed by atoms with E-state index in [2.05, 4.69) is 5.32 Å². The normalized spacial score (nSPS) is 10.0. The van der Waals surface area contributed by atoms with Gasteiger partial charge in [-0.1, -0.05) is 30.4 Å². The van der Waals surface area contributed by atoms with Crippen molar-refractivity contribution in [1.29, 1.82) is 0 Å². The van der Waals surface area contributed by atoms with E-state index in [1.54, 1.807) is 0 Å². The van der Waals surface area contributed by atoms with Crippen LogP contribution in [-0.2, 0) is 0 Å². The lowest BCUT2D eigenvalue weighted by molar-refractivity contribution is 0.474. The summed E-state index contributed by atoms with van der Waals surface area (Å²) in [4.78, 5) is 0.490. The minimum Gasteiger partial charge on any atom is -0.515 e. The average Bonchev–Trinajstić information content (AvgIpc) is 2.06. The number of nitrogens with one attached hydrogen (secondary N) is 1. The van der Waals surface area contributed by atoms with Crippen LogP contribution in [0.4, 0.5) is 5.69 Å². The first-order valence-electron chi connectivity index (χ1n) is 3.50. The second-order valence-electron chi connectivity index (χ2n) is 2.17. The highest BCUT2D eigenvalue weighted by Gasteiger charge is 1.90. The summed E-state index contributed by atoms with van der Waals surface area (Å²) in [5, 5.41) is 11.3. The molecule has 0 aromatic heterocycles. The van der Waals surface area contributed by atoms with Crippen molar-refractivity contribution in [3.8, 4) is 0 Å². The highest BCUT2D eigenvalue weighted by molar-refractivity contribution is 7.81. The quantitative estimate of drug-likeness (QED) is 0.415. The van der Waals surface area contributed by atoms with Crippen LogP contribution in [0, 0.1) is 0 Å². The smallest absolute Gasteiger partial charge is 0.106 e. The van der Waals surface area contributed by atoms with E-state index < -0.39 is 0 Å². The molecule has 2 N–H and O–H groups in total. The van der Waals surface area contributed by atoms with Crippen LogP contribution in [0.2, 0.25) is 0 Å². The fraction of sp³-hybridized carbons (Fsp3) is 0. The Morgan fingerprint density at radius 2 is 2.00 bits per heavy atom. The average molecular weight is 179 g/mol. The fourth-order valence-corrected chi connectivity index (χ4v) is 0.952. The van der Waals surface area contributed by atoms with E-state index in [1.165, 1.54) is 6.08 Å². The van der Waals surface area contributed by atoms with E-state index >= 15 is 0 Å². The van der Waals surface area contributed by atoms with E-state index in [1.807, 2.05) is 30.3 Å². The van der Waals surface area contributed by atoms with Gasteiger partial charge in [0.25, 0.3) is 0 Å². The summed E-state index contributed by atoms with van der Waals surface area (Å²) in [6, 6.07) is 9.55. The predicted octanol–water partition coefficient (Wildman–Crippen LogP) is 2.50. The van der Waals surface area contributed by atoms with Crippen molar-refractivity contribution in [2.45, 2.75) is 0 Å². The third kappa shape index (κ3) is 2.72. The Hall–Kier alpha value is -1.35. The van der Waals surface area contributed by atoms with E-state index in [0.29, 0.717) is 4.99 Å². The molecule has 1 aromatic carbocycles. The van der Waals surface area contributed by atoms with Gasteiger partial charge in [0.15, 0.2) is 0 Å². The van der Waals surface area contributed by atoms with Gasteiger partial charge in [0, 0.05) is 11.8 Å². The summed E-state index contributed by atoms with van der Waals surface area (Å²) in [5.74, 6) is 0. The minimum atomic E-state index is 0.490.